The molecule has 27 heavy (non-hydrogen) atoms. The van der Waals surface area contributed by atoms with Crippen molar-refractivity contribution in [1.29, 1.82) is 0 Å². The number of ether oxygens (including phenoxy) is 3. The molecule has 1 N–H and O–H groups in total. The van der Waals surface area contributed by atoms with Gasteiger partial charge in [-0.05, 0) is 46.9 Å². The molecule has 0 aliphatic carbocycles. The summed E-state index contributed by atoms with van der Waals surface area (Å²) in [7, 11) is 3.03. The van der Waals surface area contributed by atoms with Gasteiger partial charge in [0, 0.05) is 20.1 Å². The van der Waals surface area contributed by atoms with Crippen LogP contribution < -0.4 is 14.8 Å². The second-order valence-corrected chi connectivity index (χ2v) is 7.84. The van der Waals surface area contributed by atoms with Crippen molar-refractivity contribution in [3.05, 3.63) is 56.5 Å². The van der Waals surface area contributed by atoms with Crippen LogP contribution in [0.4, 0.5) is 5.13 Å². The van der Waals surface area contributed by atoms with Gasteiger partial charge in [0.2, 0.25) is 6.23 Å². The van der Waals surface area contributed by atoms with Crippen LogP contribution in [0.3, 0.4) is 0 Å². The number of benzene rings is 2. The maximum Gasteiger partial charge on any atom is 0.344 e. The lowest BCUT2D eigenvalue weighted by atomic mass is 10.1. The first kappa shape index (κ1) is 18.1. The minimum absolute atomic E-state index is 0.378. The molecule has 1 aliphatic heterocycles. The number of nitrogens with zero attached hydrogens (tertiary/aromatic N) is 1. The fourth-order valence-electron chi connectivity index (χ4n) is 2.91. The summed E-state index contributed by atoms with van der Waals surface area (Å²) in [5, 5.41) is 5.82. The average Bonchev–Trinajstić information content (AvgIpc) is 3.27. The van der Waals surface area contributed by atoms with Gasteiger partial charge < -0.3 is 19.5 Å². The van der Waals surface area contributed by atoms with Gasteiger partial charge in [0.25, 0.3) is 0 Å². The number of carbonyl (C=O) groups is 1. The zero-order valence-corrected chi connectivity index (χ0v) is 17.5. The first-order valence-electron chi connectivity index (χ1n) is 8.04. The highest BCUT2D eigenvalue weighted by Crippen LogP contribution is 2.42. The zero-order chi connectivity index (χ0) is 19.0. The number of carbonyl (C=O) groups excluding carboxylic acids is 1. The molecule has 6 nitrogen and oxygen atoms in total. The van der Waals surface area contributed by atoms with Gasteiger partial charge in [-0.1, -0.05) is 12.1 Å². The van der Waals surface area contributed by atoms with Crippen molar-refractivity contribution in [3.63, 3.8) is 0 Å². The fraction of sp³-hybridized carbons (Fsp3) is 0.158. The molecule has 0 unspecified atom stereocenters. The van der Waals surface area contributed by atoms with Crippen LogP contribution in [0.5, 0.6) is 11.5 Å². The third-order valence-electron chi connectivity index (χ3n) is 4.19. The summed E-state index contributed by atoms with van der Waals surface area (Å²) < 4.78 is 17.3. The number of methoxy groups -OCH3 is 2. The van der Waals surface area contributed by atoms with Crippen LogP contribution in [0.2, 0.25) is 0 Å². The molecule has 0 spiro atoms. The van der Waals surface area contributed by atoms with E-state index in [0.717, 1.165) is 11.3 Å². The molecule has 2 aromatic carbocycles. The van der Waals surface area contributed by atoms with Crippen LogP contribution in [0.15, 0.2) is 41.8 Å². The number of thiazole rings is 1. The van der Waals surface area contributed by atoms with E-state index in [-0.39, 0.29) is 0 Å². The van der Waals surface area contributed by atoms with Gasteiger partial charge in [-0.3, -0.25) is 0 Å². The minimum Gasteiger partial charge on any atom is -0.493 e. The first-order chi connectivity index (χ1) is 13.1. The zero-order valence-electron chi connectivity index (χ0n) is 14.5. The van der Waals surface area contributed by atoms with E-state index in [1.54, 1.807) is 12.1 Å². The van der Waals surface area contributed by atoms with Crippen molar-refractivity contribution >= 4 is 45.0 Å². The maximum atomic E-state index is 12.4. The Hall–Kier alpha value is -2.33. The molecule has 0 saturated heterocycles. The molecule has 3 aromatic rings. The smallest absolute Gasteiger partial charge is 0.344 e. The van der Waals surface area contributed by atoms with Crippen molar-refractivity contribution in [1.82, 2.24) is 4.98 Å². The topological polar surface area (TPSA) is 69.7 Å². The Morgan fingerprint density at radius 1 is 1.15 bits per heavy atom. The Kier molecular flexibility index (Phi) is 4.92. The predicted octanol–water partition coefficient (Wildman–Crippen LogP) is 4.71. The van der Waals surface area contributed by atoms with Crippen LogP contribution in [0, 0.1) is 3.57 Å². The summed E-state index contributed by atoms with van der Waals surface area (Å²) in [5.74, 6) is 0.416. The normalized spacial score (nSPS) is 15.2. The highest BCUT2D eigenvalue weighted by atomic mass is 127. The molecular formula is C19H15IN2O4S. The van der Waals surface area contributed by atoms with Crippen molar-refractivity contribution in [2.24, 2.45) is 0 Å². The third kappa shape index (κ3) is 3.34. The summed E-state index contributed by atoms with van der Waals surface area (Å²) in [4.78, 5) is 17.0. The number of hydrogen-bond donors (Lipinski definition) is 1. The summed E-state index contributed by atoms with van der Waals surface area (Å²) in [6, 6.07) is 11.7. The van der Waals surface area contributed by atoms with Crippen LogP contribution in [-0.4, -0.2) is 25.2 Å². The van der Waals surface area contributed by atoms with E-state index in [4.69, 9.17) is 14.2 Å². The lowest BCUT2D eigenvalue weighted by Gasteiger charge is -2.13. The average molecular weight is 494 g/mol. The molecule has 8 heteroatoms. The molecule has 138 valence electrons. The standard InChI is InChI=1S/C19H15IN2O4S/c1-24-14-8-7-12-15(16(14)25-2)18(23)26-17(12)22-19-21-13(9-27-19)10-3-5-11(20)6-4-10/h3-9,17H,1-2H3,(H,21,22)/t17-/m1/s1. The Morgan fingerprint density at radius 2 is 1.93 bits per heavy atom. The molecule has 0 amide bonds. The summed E-state index contributed by atoms with van der Waals surface area (Å²) >= 11 is 3.73. The fourth-order valence-corrected chi connectivity index (χ4v) is 4.01. The number of aromatic nitrogens is 1. The molecular weight excluding hydrogens is 479 g/mol. The van der Waals surface area contributed by atoms with Crippen molar-refractivity contribution in [3.8, 4) is 22.8 Å². The van der Waals surface area contributed by atoms with Crippen LogP contribution >= 0.6 is 33.9 Å². The van der Waals surface area contributed by atoms with Crippen LogP contribution in [-0.2, 0) is 4.74 Å². The van der Waals surface area contributed by atoms with E-state index >= 15 is 0 Å². The predicted molar refractivity (Wildman–Crippen MR) is 112 cm³/mol. The van der Waals surface area contributed by atoms with Gasteiger partial charge in [0.05, 0.1) is 19.9 Å². The molecule has 4 rings (SSSR count). The number of hydrogen-bond acceptors (Lipinski definition) is 7. The van der Waals surface area contributed by atoms with Gasteiger partial charge in [-0.25, -0.2) is 9.78 Å². The summed E-state index contributed by atoms with van der Waals surface area (Å²) in [6.07, 6.45) is -0.622. The van der Waals surface area contributed by atoms with Crippen LogP contribution in [0.25, 0.3) is 11.3 Å². The number of fused-ring (bicyclic) bond motifs is 1. The monoisotopic (exact) mass is 494 g/mol. The molecule has 1 aromatic heterocycles. The van der Waals surface area contributed by atoms with E-state index in [0.29, 0.717) is 27.8 Å². The Morgan fingerprint density at radius 3 is 2.63 bits per heavy atom. The Labute approximate surface area is 173 Å². The highest BCUT2D eigenvalue weighted by molar-refractivity contribution is 14.1. The number of halogens is 1. The lowest BCUT2D eigenvalue weighted by Crippen LogP contribution is -2.10. The number of nitrogens with one attached hydrogen (secondary N) is 1. The Bertz CT molecular complexity index is 1000. The molecule has 2 heterocycles. The number of anilines is 1. The molecule has 0 fully saturated rings. The van der Waals surface area contributed by atoms with Gasteiger partial charge in [-0.15, -0.1) is 11.3 Å². The summed E-state index contributed by atoms with van der Waals surface area (Å²) in [5.41, 5.74) is 2.98. The maximum absolute atomic E-state index is 12.4. The van der Waals surface area contributed by atoms with E-state index in [2.05, 4.69) is 32.9 Å². The summed E-state index contributed by atoms with van der Waals surface area (Å²) in [6.45, 7) is 0. The van der Waals surface area contributed by atoms with E-state index in [1.165, 1.54) is 29.1 Å². The quantitative estimate of drug-likeness (QED) is 0.409. The molecule has 1 aliphatic rings. The second-order valence-electron chi connectivity index (χ2n) is 5.74. The number of rotatable bonds is 5. The van der Waals surface area contributed by atoms with Gasteiger partial charge in [-0.2, -0.15) is 0 Å². The number of cyclic esters (lactones) is 1. The van der Waals surface area contributed by atoms with Gasteiger partial charge >= 0.3 is 5.97 Å². The SMILES string of the molecule is COc1ccc2c(c1OC)C(=O)O[C@H]2Nc1nc(-c2ccc(I)cc2)cs1. The van der Waals surface area contributed by atoms with Crippen molar-refractivity contribution in [2.75, 3.05) is 19.5 Å². The van der Waals surface area contributed by atoms with Gasteiger partial charge in [0.15, 0.2) is 16.6 Å². The van der Waals surface area contributed by atoms with Gasteiger partial charge in [0.1, 0.15) is 5.56 Å². The van der Waals surface area contributed by atoms with E-state index in [1.807, 2.05) is 29.6 Å². The van der Waals surface area contributed by atoms with E-state index < -0.39 is 12.2 Å². The first-order valence-corrected chi connectivity index (χ1v) is 10.0. The van der Waals surface area contributed by atoms with Crippen molar-refractivity contribution in [2.45, 2.75) is 6.23 Å². The second kappa shape index (κ2) is 7.35. The van der Waals surface area contributed by atoms with E-state index in [9.17, 15) is 4.79 Å². The molecule has 0 radical (unpaired) electrons. The molecule has 0 bridgehead atoms. The van der Waals surface area contributed by atoms with Crippen LogP contribution in [0.1, 0.15) is 22.1 Å². The lowest BCUT2D eigenvalue weighted by molar-refractivity contribution is 0.0435. The third-order valence-corrected chi connectivity index (χ3v) is 5.68. The molecule has 1 atom stereocenters. The van der Waals surface area contributed by atoms with Crippen molar-refractivity contribution < 1.29 is 19.0 Å². The minimum atomic E-state index is -0.622. The highest BCUT2D eigenvalue weighted by Gasteiger charge is 2.36. The molecule has 0 saturated carbocycles. The largest absolute Gasteiger partial charge is 0.493 e. The number of esters is 1. The Balaban J connectivity index is 1.61.